The first-order valence-corrected chi connectivity index (χ1v) is 6.34. The SMILES string of the molecule is Cc1cc(C)cc(Nc2cnnc(NC(C)C)n2)c1. The number of benzene rings is 1. The molecule has 0 bridgehead atoms. The number of anilines is 3. The van der Waals surface area contributed by atoms with Crippen molar-refractivity contribution in [2.45, 2.75) is 33.7 Å². The highest BCUT2D eigenvalue weighted by Gasteiger charge is 2.03. The lowest BCUT2D eigenvalue weighted by atomic mass is 10.1. The van der Waals surface area contributed by atoms with Gasteiger partial charge in [-0.05, 0) is 51.0 Å². The van der Waals surface area contributed by atoms with E-state index in [0.717, 1.165) is 5.69 Å². The van der Waals surface area contributed by atoms with Crippen LogP contribution in [0.2, 0.25) is 0 Å². The van der Waals surface area contributed by atoms with Crippen molar-refractivity contribution >= 4 is 17.5 Å². The summed E-state index contributed by atoms with van der Waals surface area (Å²) in [7, 11) is 0. The van der Waals surface area contributed by atoms with Crippen molar-refractivity contribution in [2.75, 3.05) is 10.6 Å². The van der Waals surface area contributed by atoms with E-state index in [4.69, 9.17) is 0 Å². The smallest absolute Gasteiger partial charge is 0.244 e. The van der Waals surface area contributed by atoms with Crippen LogP contribution in [0.25, 0.3) is 0 Å². The summed E-state index contributed by atoms with van der Waals surface area (Å²) in [5.41, 5.74) is 3.43. The number of nitrogens with zero attached hydrogens (tertiary/aromatic N) is 3. The Labute approximate surface area is 113 Å². The van der Waals surface area contributed by atoms with Gasteiger partial charge in [-0.2, -0.15) is 10.1 Å². The predicted molar refractivity (Wildman–Crippen MR) is 77.8 cm³/mol. The van der Waals surface area contributed by atoms with Crippen LogP contribution >= 0.6 is 0 Å². The molecule has 0 unspecified atom stereocenters. The molecule has 5 heteroatoms. The molecule has 0 saturated heterocycles. The molecule has 0 fully saturated rings. The highest BCUT2D eigenvalue weighted by atomic mass is 15.3. The van der Waals surface area contributed by atoms with Gasteiger partial charge in [0.2, 0.25) is 5.95 Å². The highest BCUT2D eigenvalue weighted by molar-refractivity contribution is 5.58. The minimum Gasteiger partial charge on any atom is -0.351 e. The Morgan fingerprint density at radius 1 is 1.05 bits per heavy atom. The van der Waals surface area contributed by atoms with Crippen molar-refractivity contribution in [1.29, 1.82) is 0 Å². The van der Waals surface area contributed by atoms with Crippen LogP contribution in [0.1, 0.15) is 25.0 Å². The van der Waals surface area contributed by atoms with Gasteiger partial charge >= 0.3 is 0 Å². The van der Waals surface area contributed by atoms with Crippen molar-refractivity contribution in [1.82, 2.24) is 15.2 Å². The summed E-state index contributed by atoms with van der Waals surface area (Å²) in [4.78, 5) is 4.37. The maximum atomic E-state index is 4.37. The fourth-order valence-corrected chi connectivity index (χ4v) is 1.88. The van der Waals surface area contributed by atoms with Gasteiger partial charge in [-0.1, -0.05) is 6.07 Å². The van der Waals surface area contributed by atoms with E-state index < -0.39 is 0 Å². The normalized spacial score (nSPS) is 10.6. The van der Waals surface area contributed by atoms with Gasteiger partial charge in [0.1, 0.15) is 0 Å². The van der Waals surface area contributed by atoms with Crippen molar-refractivity contribution in [3.8, 4) is 0 Å². The Morgan fingerprint density at radius 3 is 2.37 bits per heavy atom. The van der Waals surface area contributed by atoms with E-state index in [1.165, 1.54) is 11.1 Å². The van der Waals surface area contributed by atoms with Crippen LogP contribution in [0.4, 0.5) is 17.5 Å². The van der Waals surface area contributed by atoms with Gasteiger partial charge < -0.3 is 10.6 Å². The molecule has 2 aromatic rings. The molecule has 0 radical (unpaired) electrons. The molecular weight excluding hydrogens is 238 g/mol. The van der Waals surface area contributed by atoms with E-state index >= 15 is 0 Å². The summed E-state index contributed by atoms with van der Waals surface area (Å²) in [5, 5.41) is 14.3. The summed E-state index contributed by atoms with van der Waals surface area (Å²) < 4.78 is 0. The number of aryl methyl sites for hydroxylation is 2. The van der Waals surface area contributed by atoms with Gasteiger partial charge in [0, 0.05) is 11.7 Å². The fourth-order valence-electron chi connectivity index (χ4n) is 1.88. The maximum Gasteiger partial charge on any atom is 0.244 e. The molecule has 0 saturated carbocycles. The molecule has 1 aromatic carbocycles. The first-order valence-electron chi connectivity index (χ1n) is 6.34. The lowest BCUT2D eigenvalue weighted by Gasteiger charge is -2.10. The minimum absolute atomic E-state index is 0.276. The van der Waals surface area contributed by atoms with Gasteiger partial charge in [-0.3, -0.25) is 0 Å². The zero-order chi connectivity index (χ0) is 13.8. The van der Waals surface area contributed by atoms with Crippen molar-refractivity contribution in [3.63, 3.8) is 0 Å². The van der Waals surface area contributed by atoms with E-state index in [1.54, 1.807) is 6.20 Å². The molecule has 0 aliphatic rings. The number of rotatable bonds is 4. The summed E-state index contributed by atoms with van der Waals surface area (Å²) in [5.74, 6) is 1.22. The van der Waals surface area contributed by atoms with E-state index in [9.17, 15) is 0 Å². The van der Waals surface area contributed by atoms with Gasteiger partial charge in [0.05, 0.1) is 6.20 Å². The largest absolute Gasteiger partial charge is 0.351 e. The zero-order valence-corrected chi connectivity index (χ0v) is 11.7. The molecule has 5 nitrogen and oxygen atoms in total. The molecular formula is C14H19N5. The lowest BCUT2D eigenvalue weighted by molar-refractivity contribution is 0.852. The molecule has 0 spiro atoms. The zero-order valence-electron chi connectivity index (χ0n) is 11.7. The first kappa shape index (κ1) is 13.3. The third-order valence-corrected chi connectivity index (χ3v) is 2.47. The molecule has 100 valence electrons. The second-order valence-electron chi connectivity index (χ2n) is 4.97. The molecule has 19 heavy (non-hydrogen) atoms. The van der Waals surface area contributed by atoms with Crippen LogP contribution in [0.5, 0.6) is 0 Å². The monoisotopic (exact) mass is 257 g/mol. The highest BCUT2D eigenvalue weighted by Crippen LogP contribution is 2.18. The maximum absolute atomic E-state index is 4.37. The second-order valence-corrected chi connectivity index (χ2v) is 4.97. The van der Waals surface area contributed by atoms with Crippen LogP contribution in [0, 0.1) is 13.8 Å². The van der Waals surface area contributed by atoms with Crippen LogP contribution in [-0.2, 0) is 0 Å². The average molecular weight is 257 g/mol. The number of hydrogen-bond donors (Lipinski definition) is 2. The van der Waals surface area contributed by atoms with Gasteiger partial charge in [0.25, 0.3) is 0 Å². The third-order valence-electron chi connectivity index (χ3n) is 2.47. The van der Waals surface area contributed by atoms with Crippen molar-refractivity contribution in [3.05, 3.63) is 35.5 Å². The average Bonchev–Trinajstić information content (AvgIpc) is 2.26. The summed E-state index contributed by atoms with van der Waals surface area (Å²) >= 11 is 0. The van der Waals surface area contributed by atoms with Crippen molar-refractivity contribution < 1.29 is 0 Å². The Bertz CT molecular complexity index is 545. The van der Waals surface area contributed by atoms with Crippen LogP contribution in [0.3, 0.4) is 0 Å². The number of nitrogens with one attached hydrogen (secondary N) is 2. The van der Waals surface area contributed by atoms with Crippen molar-refractivity contribution in [2.24, 2.45) is 0 Å². The Kier molecular flexibility index (Phi) is 3.94. The molecule has 1 aromatic heterocycles. The predicted octanol–water partition coefficient (Wildman–Crippen LogP) is 3.05. The quantitative estimate of drug-likeness (QED) is 0.881. The molecule has 0 atom stereocenters. The summed E-state index contributed by atoms with van der Waals surface area (Å²) in [6.07, 6.45) is 1.61. The topological polar surface area (TPSA) is 62.7 Å². The first-order chi connectivity index (χ1) is 9.02. The second kappa shape index (κ2) is 5.65. The van der Waals surface area contributed by atoms with Crippen LogP contribution in [-0.4, -0.2) is 21.2 Å². The summed E-state index contributed by atoms with van der Waals surface area (Å²) in [6, 6.07) is 6.56. The van der Waals surface area contributed by atoms with Gasteiger partial charge in [-0.15, -0.1) is 5.10 Å². The molecule has 2 N–H and O–H groups in total. The van der Waals surface area contributed by atoms with E-state index in [0.29, 0.717) is 11.8 Å². The van der Waals surface area contributed by atoms with E-state index in [-0.39, 0.29) is 6.04 Å². The molecule has 2 rings (SSSR count). The van der Waals surface area contributed by atoms with Crippen LogP contribution in [0.15, 0.2) is 24.4 Å². The lowest BCUT2D eigenvalue weighted by Crippen LogP contribution is -2.13. The third kappa shape index (κ3) is 3.91. The Hall–Kier alpha value is -2.17. The Morgan fingerprint density at radius 2 is 1.74 bits per heavy atom. The van der Waals surface area contributed by atoms with E-state index in [2.05, 4.69) is 57.9 Å². The van der Waals surface area contributed by atoms with Gasteiger partial charge in [0.15, 0.2) is 5.82 Å². The Balaban J connectivity index is 2.18. The number of aromatic nitrogens is 3. The number of hydrogen-bond acceptors (Lipinski definition) is 5. The standard InChI is InChI=1S/C14H19N5/c1-9(2)16-14-18-13(8-15-19-14)17-12-6-10(3)5-11(4)7-12/h5-9H,1-4H3,(H2,16,17,18,19). The molecule has 0 aliphatic carbocycles. The van der Waals surface area contributed by atoms with Gasteiger partial charge in [-0.25, -0.2) is 0 Å². The molecule has 1 heterocycles. The molecule has 0 aliphatic heterocycles. The summed E-state index contributed by atoms with van der Waals surface area (Å²) in [6.45, 7) is 8.21. The minimum atomic E-state index is 0.276. The fraction of sp³-hybridized carbons (Fsp3) is 0.357. The van der Waals surface area contributed by atoms with E-state index in [1.807, 2.05) is 13.8 Å². The van der Waals surface area contributed by atoms with Crippen LogP contribution < -0.4 is 10.6 Å². The molecule has 0 amide bonds.